The molecular formula is C34H36N2O2. The number of carbonyl (C=O) groups is 2. The quantitative estimate of drug-likeness (QED) is 0.329. The van der Waals surface area contributed by atoms with Gasteiger partial charge >= 0.3 is 0 Å². The molecule has 1 amide bonds. The summed E-state index contributed by atoms with van der Waals surface area (Å²) in [6.45, 7) is 12.7. The number of Topliss-reactive ketones (excluding diaryl/α,β-unsaturated/α-hetero) is 1. The number of nitrogens with zero attached hydrogens (tertiary/aromatic N) is 2. The van der Waals surface area contributed by atoms with Crippen molar-refractivity contribution in [1.82, 2.24) is 0 Å². The molecule has 0 atom stereocenters. The summed E-state index contributed by atoms with van der Waals surface area (Å²) in [5.41, 5.74) is 4.54. The van der Waals surface area contributed by atoms with E-state index in [1.807, 2.05) is 139 Å². The Morgan fingerprint density at radius 2 is 1.21 bits per heavy atom. The first-order valence-corrected chi connectivity index (χ1v) is 13.0. The van der Waals surface area contributed by atoms with Crippen LogP contribution in [-0.4, -0.2) is 17.4 Å². The first-order valence-electron chi connectivity index (χ1n) is 13.0. The van der Waals surface area contributed by atoms with Crippen molar-refractivity contribution in [3.63, 3.8) is 0 Å². The van der Waals surface area contributed by atoms with Crippen LogP contribution in [0, 0.1) is 10.8 Å². The average molecular weight is 505 g/mol. The summed E-state index contributed by atoms with van der Waals surface area (Å²) in [6.07, 6.45) is 3.80. The predicted molar refractivity (Wildman–Crippen MR) is 157 cm³/mol. The SMILES string of the molecule is CC(C)(C)C1=CC(=Nc2ccccc2N(Cc2ccccc2)C(=O)c2ccccc2)C=C(C(C)(C)C)C1=O. The third kappa shape index (κ3) is 6.08. The van der Waals surface area contributed by atoms with Crippen LogP contribution >= 0.6 is 0 Å². The van der Waals surface area contributed by atoms with E-state index >= 15 is 0 Å². The van der Waals surface area contributed by atoms with Gasteiger partial charge in [0, 0.05) is 16.7 Å². The van der Waals surface area contributed by atoms with E-state index in [0.29, 0.717) is 29.2 Å². The standard InChI is InChI=1S/C34H36N2O2/c1-33(2,3)27-21-26(22-28(31(27)37)34(4,5)6)35-29-19-13-14-20-30(29)36(23-24-15-9-7-10-16-24)32(38)25-17-11-8-12-18-25/h7-22H,23H2,1-6H3. The molecule has 0 radical (unpaired) electrons. The molecule has 0 aromatic heterocycles. The molecule has 0 N–H and O–H groups in total. The Bertz CT molecular complexity index is 1380. The maximum Gasteiger partial charge on any atom is 0.258 e. The molecule has 0 fully saturated rings. The van der Waals surface area contributed by atoms with E-state index in [0.717, 1.165) is 16.7 Å². The number of rotatable bonds is 5. The van der Waals surface area contributed by atoms with Crippen molar-refractivity contribution in [3.05, 3.63) is 119 Å². The average Bonchev–Trinajstić information content (AvgIpc) is 2.88. The van der Waals surface area contributed by atoms with E-state index in [2.05, 4.69) is 0 Å². The number of benzene rings is 3. The normalized spacial score (nSPS) is 14.1. The van der Waals surface area contributed by atoms with E-state index < -0.39 is 0 Å². The van der Waals surface area contributed by atoms with Crippen LogP contribution in [0.4, 0.5) is 11.4 Å². The lowest BCUT2D eigenvalue weighted by atomic mass is 9.72. The second kappa shape index (κ2) is 10.7. The number of allylic oxidation sites excluding steroid dienone is 4. The molecule has 0 unspecified atom stereocenters. The monoisotopic (exact) mass is 504 g/mol. The van der Waals surface area contributed by atoms with Gasteiger partial charge < -0.3 is 4.90 Å². The topological polar surface area (TPSA) is 49.7 Å². The molecule has 4 nitrogen and oxygen atoms in total. The summed E-state index contributed by atoms with van der Waals surface area (Å²) in [5, 5.41) is 0. The highest BCUT2D eigenvalue weighted by Gasteiger charge is 2.34. The molecule has 3 aromatic carbocycles. The lowest BCUT2D eigenvalue weighted by molar-refractivity contribution is -0.114. The molecule has 1 aliphatic rings. The summed E-state index contributed by atoms with van der Waals surface area (Å²) < 4.78 is 0. The van der Waals surface area contributed by atoms with Crippen molar-refractivity contribution in [1.29, 1.82) is 0 Å². The zero-order valence-corrected chi connectivity index (χ0v) is 23.2. The lowest BCUT2D eigenvalue weighted by Gasteiger charge is -2.31. The fourth-order valence-corrected chi connectivity index (χ4v) is 4.49. The molecule has 38 heavy (non-hydrogen) atoms. The van der Waals surface area contributed by atoms with Gasteiger partial charge in [0.05, 0.1) is 23.6 Å². The van der Waals surface area contributed by atoms with Crippen LogP contribution in [0.1, 0.15) is 57.5 Å². The number of hydrogen-bond acceptors (Lipinski definition) is 3. The zero-order valence-electron chi connectivity index (χ0n) is 23.2. The minimum absolute atomic E-state index is 0.0715. The number of hydrogen-bond donors (Lipinski definition) is 0. The highest BCUT2D eigenvalue weighted by Crippen LogP contribution is 2.38. The van der Waals surface area contributed by atoms with Crippen molar-refractivity contribution in [2.75, 3.05) is 4.90 Å². The summed E-state index contributed by atoms with van der Waals surface area (Å²) in [4.78, 5) is 34.0. The molecule has 4 rings (SSSR count). The van der Waals surface area contributed by atoms with Crippen LogP contribution in [0.2, 0.25) is 0 Å². The number of amides is 1. The Labute approximate surface area is 226 Å². The Balaban J connectivity index is 1.86. The van der Waals surface area contributed by atoms with Gasteiger partial charge in [0.1, 0.15) is 0 Å². The Hall–Kier alpha value is -4.05. The molecule has 0 heterocycles. The maximum atomic E-state index is 13.8. The minimum atomic E-state index is -0.329. The van der Waals surface area contributed by atoms with E-state index in [4.69, 9.17) is 4.99 Å². The van der Waals surface area contributed by atoms with E-state index in [1.165, 1.54) is 0 Å². The van der Waals surface area contributed by atoms with Crippen LogP contribution in [0.3, 0.4) is 0 Å². The molecule has 194 valence electrons. The van der Waals surface area contributed by atoms with Crippen molar-refractivity contribution in [3.8, 4) is 0 Å². The van der Waals surface area contributed by atoms with Gasteiger partial charge in [-0.2, -0.15) is 0 Å². The minimum Gasteiger partial charge on any atom is -0.302 e. The Kier molecular flexibility index (Phi) is 7.63. The van der Waals surface area contributed by atoms with Gasteiger partial charge in [0.25, 0.3) is 5.91 Å². The number of ketones is 1. The van der Waals surface area contributed by atoms with E-state index in [1.54, 1.807) is 4.90 Å². The zero-order chi connectivity index (χ0) is 27.5. The molecule has 1 aliphatic carbocycles. The molecule has 0 saturated heterocycles. The summed E-state index contributed by atoms with van der Waals surface area (Å²) in [6, 6.07) is 27.0. The van der Waals surface area contributed by atoms with Crippen molar-refractivity contribution in [2.45, 2.75) is 48.1 Å². The Morgan fingerprint density at radius 3 is 1.76 bits per heavy atom. The molecule has 4 heteroatoms. The molecule has 3 aromatic rings. The molecular weight excluding hydrogens is 468 g/mol. The smallest absolute Gasteiger partial charge is 0.258 e. The third-order valence-corrected chi connectivity index (χ3v) is 6.56. The van der Waals surface area contributed by atoms with Gasteiger partial charge in [-0.1, -0.05) is 102 Å². The second-order valence-electron chi connectivity index (χ2n) is 11.7. The van der Waals surface area contributed by atoms with Crippen molar-refractivity contribution in [2.24, 2.45) is 15.8 Å². The number of para-hydroxylation sites is 2. The van der Waals surface area contributed by atoms with Crippen LogP contribution in [0.5, 0.6) is 0 Å². The van der Waals surface area contributed by atoms with Crippen molar-refractivity contribution < 1.29 is 9.59 Å². The van der Waals surface area contributed by atoms with Crippen LogP contribution < -0.4 is 4.90 Å². The van der Waals surface area contributed by atoms with Gasteiger partial charge in [0.15, 0.2) is 5.78 Å². The lowest BCUT2D eigenvalue weighted by Crippen LogP contribution is -2.30. The number of carbonyl (C=O) groups excluding carboxylic acids is 2. The van der Waals surface area contributed by atoms with Crippen LogP contribution in [0.25, 0.3) is 0 Å². The van der Waals surface area contributed by atoms with Gasteiger partial charge in [0.2, 0.25) is 0 Å². The van der Waals surface area contributed by atoms with Gasteiger partial charge in [-0.3, -0.25) is 9.59 Å². The van der Waals surface area contributed by atoms with Gasteiger partial charge in [-0.15, -0.1) is 0 Å². The fourth-order valence-electron chi connectivity index (χ4n) is 4.49. The fraction of sp³-hybridized carbons (Fsp3) is 0.265. The molecule has 0 aliphatic heterocycles. The highest BCUT2D eigenvalue weighted by atomic mass is 16.2. The largest absolute Gasteiger partial charge is 0.302 e. The number of aliphatic imine (C=N–C) groups is 1. The van der Waals surface area contributed by atoms with E-state index in [-0.39, 0.29) is 22.5 Å². The summed E-state index contributed by atoms with van der Waals surface area (Å²) >= 11 is 0. The second-order valence-corrected chi connectivity index (χ2v) is 11.7. The maximum absolute atomic E-state index is 13.8. The van der Waals surface area contributed by atoms with Crippen LogP contribution in [0.15, 0.2) is 113 Å². The first kappa shape index (κ1) is 27.0. The molecule has 0 saturated carbocycles. The molecule has 0 spiro atoms. The Morgan fingerprint density at radius 1 is 0.711 bits per heavy atom. The highest BCUT2D eigenvalue weighted by molar-refractivity contribution is 6.23. The third-order valence-electron chi connectivity index (χ3n) is 6.56. The van der Waals surface area contributed by atoms with Crippen molar-refractivity contribution >= 4 is 28.8 Å². The van der Waals surface area contributed by atoms with Crippen LogP contribution in [-0.2, 0) is 11.3 Å². The predicted octanol–water partition coefficient (Wildman–Crippen LogP) is 8.13. The molecule has 0 bridgehead atoms. The van der Waals surface area contributed by atoms with Gasteiger partial charge in [-0.25, -0.2) is 4.99 Å². The summed E-state index contributed by atoms with van der Waals surface area (Å²) in [7, 11) is 0. The van der Waals surface area contributed by atoms with Gasteiger partial charge in [-0.05, 0) is 52.8 Å². The summed E-state index contributed by atoms with van der Waals surface area (Å²) in [5.74, 6) is -0.0278. The number of anilines is 1. The van der Waals surface area contributed by atoms with E-state index in [9.17, 15) is 9.59 Å². The first-order chi connectivity index (χ1) is 17.9.